The first-order valence-electron chi connectivity index (χ1n) is 9.26. The summed E-state index contributed by atoms with van der Waals surface area (Å²) in [5, 5.41) is 22.0. The Morgan fingerprint density at radius 2 is 1.88 bits per heavy atom. The van der Waals surface area contributed by atoms with Gasteiger partial charge in [0.15, 0.2) is 0 Å². The van der Waals surface area contributed by atoms with E-state index in [9.17, 15) is 24.3 Å². The molecule has 3 heterocycles. The van der Waals surface area contributed by atoms with Crippen molar-refractivity contribution in [2.45, 2.75) is 23.6 Å². The van der Waals surface area contributed by atoms with Crippen LogP contribution in [0.3, 0.4) is 0 Å². The van der Waals surface area contributed by atoms with E-state index in [0.29, 0.717) is 0 Å². The van der Waals surface area contributed by atoms with Gasteiger partial charge in [0, 0.05) is 5.38 Å². The highest BCUT2D eigenvalue weighted by molar-refractivity contribution is 8.03. The molecular weight excluding hydrogens is 474 g/mol. The van der Waals surface area contributed by atoms with Crippen molar-refractivity contribution in [3.63, 3.8) is 0 Å². The second-order valence-corrected chi connectivity index (χ2v) is 9.41. The molecule has 2 aromatic rings. The minimum atomic E-state index is -1.36. The van der Waals surface area contributed by atoms with Gasteiger partial charge in [0.1, 0.15) is 26.3 Å². The highest BCUT2D eigenvalue weighted by Crippen LogP contribution is 2.46. The Morgan fingerprint density at radius 3 is 2.53 bits per heavy atom. The van der Waals surface area contributed by atoms with Crippen LogP contribution in [0.25, 0.3) is 5.57 Å². The molecule has 3 N–H and O–H groups in total. The summed E-state index contributed by atoms with van der Waals surface area (Å²) in [6.45, 7) is 0. The Kier molecular flexibility index (Phi) is 6.09. The van der Waals surface area contributed by atoms with Gasteiger partial charge in [-0.15, -0.1) is 23.1 Å². The van der Waals surface area contributed by atoms with E-state index in [2.05, 4.69) is 10.3 Å². The molecule has 0 saturated carbocycles. The van der Waals surface area contributed by atoms with Gasteiger partial charge in [-0.3, -0.25) is 19.3 Å². The molecule has 12 heteroatoms. The van der Waals surface area contributed by atoms with Gasteiger partial charge in [0.2, 0.25) is 5.91 Å². The van der Waals surface area contributed by atoms with E-state index in [1.54, 1.807) is 12.1 Å². The van der Waals surface area contributed by atoms with Crippen molar-refractivity contribution in [3.05, 3.63) is 57.7 Å². The van der Waals surface area contributed by atoms with Gasteiger partial charge in [-0.1, -0.05) is 42.5 Å². The predicted molar refractivity (Wildman–Crippen MR) is 121 cm³/mol. The number of fused-ring (bicyclic) bond motifs is 1. The number of amides is 2. The fraction of sp³-hybridized carbons (Fsp3) is 0.200. The molecule has 4 rings (SSSR count). The van der Waals surface area contributed by atoms with Crippen LogP contribution in [0.1, 0.15) is 16.3 Å². The molecule has 164 valence electrons. The molecule has 1 aromatic carbocycles. The topological polar surface area (TPSA) is 137 Å². The molecule has 1 unspecified atom stereocenters. The first kappa shape index (κ1) is 22.1. The van der Waals surface area contributed by atoms with Crippen LogP contribution in [0.4, 0.5) is 0 Å². The zero-order valence-electron chi connectivity index (χ0n) is 16.2. The molecule has 32 heavy (non-hydrogen) atoms. The van der Waals surface area contributed by atoms with Gasteiger partial charge in [-0.2, -0.15) is 0 Å². The number of carbonyl (C=O) groups is 4. The molecule has 9 nitrogen and oxygen atoms in total. The summed E-state index contributed by atoms with van der Waals surface area (Å²) < 4.78 is 0. The average Bonchev–Trinajstić information content (AvgIpc) is 3.20. The lowest BCUT2D eigenvalue weighted by atomic mass is 10.1. The van der Waals surface area contributed by atoms with Crippen LogP contribution in [-0.4, -0.2) is 59.5 Å². The number of nitrogens with one attached hydrogen (secondary N) is 1. The van der Waals surface area contributed by atoms with E-state index < -0.39 is 28.6 Å². The lowest BCUT2D eigenvalue weighted by Gasteiger charge is -2.46. The average molecular weight is 490 g/mol. The zero-order chi connectivity index (χ0) is 23.0. The molecule has 1 aromatic heterocycles. The van der Waals surface area contributed by atoms with Crippen LogP contribution in [0.2, 0.25) is 0 Å². The van der Waals surface area contributed by atoms with Gasteiger partial charge < -0.3 is 15.5 Å². The number of rotatable bonds is 7. The fourth-order valence-electron chi connectivity index (χ4n) is 3.36. The van der Waals surface area contributed by atoms with Gasteiger partial charge in [-0.05, 0) is 5.56 Å². The second-order valence-electron chi connectivity index (χ2n) is 6.92. The molecular formula is C20H15N3O6S3. The summed E-state index contributed by atoms with van der Waals surface area (Å²) in [7, 11) is 0. The number of aromatic nitrogens is 1. The zero-order valence-corrected chi connectivity index (χ0v) is 18.6. The van der Waals surface area contributed by atoms with E-state index >= 15 is 0 Å². The quantitative estimate of drug-likeness (QED) is 0.391. The van der Waals surface area contributed by atoms with Crippen molar-refractivity contribution in [3.8, 4) is 0 Å². The van der Waals surface area contributed by atoms with Gasteiger partial charge >= 0.3 is 11.9 Å². The first-order valence-corrected chi connectivity index (χ1v) is 11.5. The second kappa shape index (κ2) is 8.81. The summed E-state index contributed by atoms with van der Waals surface area (Å²) in [5.74, 6) is -3.37. The normalized spacial score (nSPS) is 19.9. The van der Waals surface area contributed by atoms with Crippen LogP contribution in [-0.2, 0) is 32.0 Å². The Bertz CT molecular complexity index is 1180. The van der Waals surface area contributed by atoms with Gasteiger partial charge in [0.25, 0.3) is 5.91 Å². The van der Waals surface area contributed by atoms with Crippen molar-refractivity contribution in [2.24, 2.45) is 0 Å². The number of aliphatic carboxylic acids is 2. The number of carbonyl (C=O) groups excluding carboxylic acids is 2. The van der Waals surface area contributed by atoms with Crippen molar-refractivity contribution in [1.82, 2.24) is 15.2 Å². The number of thiazole rings is 1. The number of hydrogen-bond donors (Lipinski definition) is 3. The van der Waals surface area contributed by atoms with Crippen LogP contribution in [0.5, 0.6) is 0 Å². The maximum Gasteiger partial charge on any atom is 0.353 e. The molecule has 0 radical (unpaired) electrons. The molecule has 0 aliphatic carbocycles. The third-order valence-electron chi connectivity index (χ3n) is 4.73. The number of nitrogens with zero attached hydrogens (tertiary/aromatic N) is 2. The highest BCUT2D eigenvalue weighted by atomic mass is 32.2. The molecule has 2 amide bonds. The van der Waals surface area contributed by atoms with Crippen molar-refractivity contribution in [2.75, 3.05) is 0 Å². The summed E-state index contributed by atoms with van der Waals surface area (Å²) in [6.07, 6.45) is -0.257. The van der Waals surface area contributed by atoms with Crippen molar-refractivity contribution < 1.29 is 29.4 Å². The minimum Gasteiger partial charge on any atom is -0.481 e. The lowest BCUT2D eigenvalue weighted by Crippen LogP contribution is -2.63. The number of hydrogen-bond acceptors (Lipinski definition) is 8. The number of thioether (sulfide) groups is 1. The molecule has 2 aliphatic heterocycles. The van der Waals surface area contributed by atoms with Crippen molar-refractivity contribution in [1.29, 1.82) is 0 Å². The maximum atomic E-state index is 12.7. The van der Waals surface area contributed by atoms with Crippen molar-refractivity contribution >= 4 is 69.5 Å². The molecule has 1 fully saturated rings. The third-order valence-corrected chi connectivity index (χ3v) is 7.53. The molecule has 0 bridgehead atoms. The summed E-state index contributed by atoms with van der Waals surface area (Å²) >= 11 is 7.30. The number of benzene rings is 1. The highest BCUT2D eigenvalue weighted by Gasteiger charge is 2.53. The SMILES string of the molecule is O=C(O)Cc1csc(C2=C(C(=O)O)N3C(=O)C(=S)[C@@H]3SC2NC(=O)Cc2ccccc2)n1. The van der Waals surface area contributed by atoms with E-state index in [1.807, 2.05) is 18.2 Å². The Labute approximate surface area is 195 Å². The summed E-state index contributed by atoms with van der Waals surface area (Å²) in [5.41, 5.74) is 0.858. The van der Waals surface area contributed by atoms with E-state index in [4.69, 9.17) is 17.3 Å². The van der Waals surface area contributed by atoms with E-state index in [-0.39, 0.29) is 45.6 Å². The molecule has 1 saturated heterocycles. The fourth-order valence-corrected chi connectivity index (χ4v) is 6.06. The number of β-lactam (4-membered cyclic amide) rings is 1. The van der Waals surface area contributed by atoms with Crippen LogP contribution < -0.4 is 5.32 Å². The monoisotopic (exact) mass is 489 g/mol. The van der Waals surface area contributed by atoms with Crippen LogP contribution >= 0.6 is 35.3 Å². The number of carboxylic acids is 2. The Hall–Kier alpha value is -3.09. The Morgan fingerprint density at radius 1 is 1.16 bits per heavy atom. The maximum absolute atomic E-state index is 12.7. The summed E-state index contributed by atoms with van der Waals surface area (Å²) in [6, 6.07) is 9.04. The smallest absolute Gasteiger partial charge is 0.353 e. The molecule has 0 spiro atoms. The molecule has 2 aliphatic rings. The number of carboxylic acid groups (broad SMARTS) is 2. The number of thiocarbonyl (C=S) groups is 1. The minimum absolute atomic E-state index is 0.0769. The van der Waals surface area contributed by atoms with Crippen LogP contribution in [0, 0.1) is 0 Å². The lowest BCUT2D eigenvalue weighted by molar-refractivity contribution is -0.139. The van der Waals surface area contributed by atoms with Gasteiger partial charge in [-0.25, -0.2) is 9.78 Å². The first-order chi connectivity index (χ1) is 15.3. The third kappa shape index (κ3) is 4.16. The predicted octanol–water partition coefficient (Wildman–Crippen LogP) is 1.54. The van der Waals surface area contributed by atoms with E-state index in [0.717, 1.165) is 33.6 Å². The van der Waals surface area contributed by atoms with Gasteiger partial charge in [0.05, 0.1) is 24.1 Å². The largest absolute Gasteiger partial charge is 0.481 e. The molecule has 2 atom stereocenters. The van der Waals surface area contributed by atoms with E-state index in [1.165, 1.54) is 5.38 Å². The van der Waals surface area contributed by atoms with Crippen LogP contribution in [0.15, 0.2) is 41.4 Å². The standard InChI is InChI=1S/C20H15N3O6S3/c24-11(6-9-4-2-1-3-5-9)22-17-13(16-21-10(8-31-16)7-12(25)26)14(20(28)29)23-18(27)15(30)19(23)32-17/h1-5,8,17,19H,6-7H2,(H,22,24)(H,25,26)(H,28,29)/t17?,19-/m0/s1. The summed E-state index contributed by atoms with van der Waals surface area (Å²) in [4.78, 5) is 53.6. The Balaban J connectivity index is 1.72.